The molecule has 0 bridgehead atoms. The first kappa shape index (κ1) is 17.7. The van der Waals surface area contributed by atoms with E-state index in [4.69, 9.17) is 0 Å². The molecule has 0 fully saturated rings. The zero-order valence-corrected chi connectivity index (χ0v) is 12.8. The highest BCUT2D eigenvalue weighted by Crippen LogP contribution is 2.11. The lowest BCUT2D eigenvalue weighted by atomic mass is 10.0. The van der Waals surface area contributed by atoms with Gasteiger partial charge < -0.3 is 20.5 Å². The molecule has 0 radical (unpaired) electrons. The molecule has 3 N–H and O–H groups in total. The van der Waals surface area contributed by atoms with Gasteiger partial charge in [-0.3, -0.25) is 4.79 Å². The number of aromatic hydroxyl groups is 1. The number of rotatable bonds is 8. The van der Waals surface area contributed by atoms with Gasteiger partial charge in [-0.2, -0.15) is 0 Å². The van der Waals surface area contributed by atoms with Gasteiger partial charge in [-0.25, -0.2) is 4.79 Å². The summed E-state index contributed by atoms with van der Waals surface area (Å²) in [6, 6.07) is 5.38. The van der Waals surface area contributed by atoms with Crippen LogP contribution in [-0.4, -0.2) is 42.7 Å². The second-order valence-corrected chi connectivity index (χ2v) is 4.87. The number of hydrogen-bond acceptors (Lipinski definition) is 5. The molecular formula is C16H22N2O4. The van der Waals surface area contributed by atoms with Gasteiger partial charge >= 0.3 is 5.97 Å². The summed E-state index contributed by atoms with van der Waals surface area (Å²) in [5.74, 6) is -0.628. The summed E-state index contributed by atoms with van der Waals surface area (Å²) in [5.41, 5.74) is 0.889. The normalized spacial score (nSPS) is 13.0. The quantitative estimate of drug-likeness (QED) is 0.487. The number of nitrogens with one attached hydrogen (secondary N) is 2. The first-order valence-electron chi connectivity index (χ1n) is 6.98. The fourth-order valence-corrected chi connectivity index (χ4v) is 1.90. The third-order valence-electron chi connectivity index (χ3n) is 3.11. The van der Waals surface area contributed by atoms with Crippen molar-refractivity contribution < 1.29 is 19.4 Å². The summed E-state index contributed by atoms with van der Waals surface area (Å²) in [4.78, 5) is 23.7. The van der Waals surface area contributed by atoms with E-state index in [-0.39, 0.29) is 11.7 Å². The number of benzene rings is 1. The number of methoxy groups -OCH3 is 1. The Labute approximate surface area is 130 Å². The summed E-state index contributed by atoms with van der Waals surface area (Å²) in [7, 11) is 1.27. The van der Waals surface area contributed by atoms with Gasteiger partial charge in [0.25, 0.3) is 0 Å². The molecule has 0 saturated carbocycles. The topological polar surface area (TPSA) is 87.7 Å². The molecule has 0 spiro atoms. The third-order valence-corrected chi connectivity index (χ3v) is 3.11. The minimum atomic E-state index is -0.717. The summed E-state index contributed by atoms with van der Waals surface area (Å²) in [6.07, 6.45) is 2.08. The predicted molar refractivity (Wildman–Crippen MR) is 83.4 cm³/mol. The van der Waals surface area contributed by atoms with Crippen LogP contribution in [0.15, 0.2) is 36.9 Å². The molecule has 0 unspecified atom stereocenters. The van der Waals surface area contributed by atoms with Crippen LogP contribution < -0.4 is 10.6 Å². The van der Waals surface area contributed by atoms with Gasteiger partial charge in [-0.05, 0) is 31.0 Å². The number of amides is 1. The van der Waals surface area contributed by atoms with E-state index in [0.717, 1.165) is 5.56 Å². The molecule has 1 aromatic rings. The monoisotopic (exact) mass is 306 g/mol. The van der Waals surface area contributed by atoms with Crippen LogP contribution in [0.5, 0.6) is 5.75 Å². The third kappa shape index (κ3) is 5.57. The van der Waals surface area contributed by atoms with E-state index in [9.17, 15) is 14.7 Å². The van der Waals surface area contributed by atoms with Crippen LogP contribution in [0.1, 0.15) is 12.5 Å². The molecule has 0 saturated heterocycles. The molecular weight excluding hydrogens is 284 g/mol. The van der Waals surface area contributed by atoms with E-state index < -0.39 is 18.1 Å². The molecule has 6 heteroatoms. The Morgan fingerprint density at radius 3 is 2.55 bits per heavy atom. The van der Waals surface area contributed by atoms with Crippen LogP contribution in [0.3, 0.4) is 0 Å². The molecule has 0 aromatic heterocycles. The largest absolute Gasteiger partial charge is 0.508 e. The van der Waals surface area contributed by atoms with Gasteiger partial charge in [0.2, 0.25) is 5.91 Å². The molecule has 0 aliphatic heterocycles. The van der Waals surface area contributed by atoms with Crippen LogP contribution in [-0.2, 0) is 20.7 Å². The Hall–Kier alpha value is -2.34. The number of phenols is 1. The van der Waals surface area contributed by atoms with Gasteiger partial charge in [-0.15, -0.1) is 6.58 Å². The summed E-state index contributed by atoms with van der Waals surface area (Å²) >= 11 is 0. The summed E-state index contributed by atoms with van der Waals surface area (Å²) in [6.45, 7) is 5.64. The lowest BCUT2D eigenvalue weighted by molar-refractivity contribution is -0.144. The second kappa shape index (κ2) is 8.84. The van der Waals surface area contributed by atoms with Crippen LogP contribution in [0.2, 0.25) is 0 Å². The van der Waals surface area contributed by atoms with Crippen LogP contribution in [0.4, 0.5) is 0 Å². The average Bonchev–Trinajstić information content (AvgIpc) is 2.52. The standard InChI is InChI=1S/C16H22N2O4/c1-4-9-17-14(10-12-5-7-13(19)8-6-12)15(20)18-11(2)16(21)22-3/h4-8,11,14,17,19H,1,9-10H2,2-3H3,(H,18,20)/t11-,14+/m1/s1. The van der Waals surface area contributed by atoms with E-state index in [2.05, 4.69) is 21.9 Å². The highest BCUT2D eigenvalue weighted by atomic mass is 16.5. The molecule has 1 rings (SSSR count). The number of esters is 1. The Morgan fingerprint density at radius 2 is 2.00 bits per heavy atom. The molecule has 1 amide bonds. The zero-order chi connectivity index (χ0) is 16.5. The van der Waals surface area contributed by atoms with Crippen LogP contribution in [0, 0.1) is 0 Å². The van der Waals surface area contributed by atoms with Crippen molar-refractivity contribution in [3.05, 3.63) is 42.5 Å². The molecule has 22 heavy (non-hydrogen) atoms. The van der Waals surface area contributed by atoms with Crippen molar-refractivity contribution in [2.75, 3.05) is 13.7 Å². The Morgan fingerprint density at radius 1 is 1.36 bits per heavy atom. The van der Waals surface area contributed by atoms with Gasteiger partial charge in [0.15, 0.2) is 0 Å². The number of carbonyl (C=O) groups is 2. The summed E-state index contributed by atoms with van der Waals surface area (Å²) in [5, 5.41) is 15.0. The maximum atomic E-state index is 12.3. The van der Waals surface area contributed by atoms with E-state index in [1.165, 1.54) is 7.11 Å². The number of hydrogen-bond donors (Lipinski definition) is 3. The van der Waals surface area contributed by atoms with Crippen molar-refractivity contribution in [3.63, 3.8) is 0 Å². The number of ether oxygens (including phenoxy) is 1. The lowest BCUT2D eigenvalue weighted by Crippen LogP contribution is -2.50. The van der Waals surface area contributed by atoms with Gasteiger partial charge in [0.05, 0.1) is 13.2 Å². The molecule has 0 aliphatic carbocycles. The fraction of sp³-hybridized carbons (Fsp3) is 0.375. The van der Waals surface area contributed by atoms with Gasteiger partial charge in [-0.1, -0.05) is 18.2 Å². The maximum absolute atomic E-state index is 12.3. The van der Waals surface area contributed by atoms with E-state index >= 15 is 0 Å². The number of phenolic OH excluding ortho intramolecular Hbond substituents is 1. The molecule has 0 heterocycles. The zero-order valence-electron chi connectivity index (χ0n) is 12.8. The first-order valence-corrected chi connectivity index (χ1v) is 6.98. The van der Waals surface area contributed by atoms with Crippen molar-refractivity contribution >= 4 is 11.9 Å². The van der Waals surface area contributed by atoms with Crippen molar-refractivity contribution in [1.82, 2.24) is 10.6 Å². The molecule has 120 valence electrons. The molecule has 6 nitrogen and oxygen atoms in total. The van der Waals surface area contributed by atoms with Crippen LogP contribution >= 0.6 is 0 Å². The smallest absolute Gasteiger partial charge is 0.328 e. The fourth-order valence-electron chi connectivity index (χ4n) is 1.90. The van der Waals surface area contributed by atoms with Crippen molar-refractivity contribution in [2.45, 2.75) is 25.4 Å². The maximum Gasteiger partial charge on any atom is 0.328 e. The highest BCUT2D eigenvalue weighted by molar-refractivity contribution is 5.87. The average molecular weight is 306 g/mol. The van der Waals surface area contributed by atoms with Gasteiger partial charge in [0, 0.05) is 6.54 Å². The number of carbonyl (C=O) groups excluding carboxylic acids is 2. The second-order valence-electron chi connectivity index (χ2n) is 4.87. The molecule has 2 atom stereocenters. The Balaban J connectivity index is 2.73. The SMILES string of the molecule is C=CCN[C@@H](Cc1ccc(O)cc1)C(=O)N[C@H](C)C(=O)OC. The van der Waals surface area contributed by atoms with Crippen molar-refractivity contribution in [2.24, 2.45) is 0 Å². The van der Waals surface area contributed by atoms with Crippen molar-refractivity contribution in [3.8, 4) is 5.75 Å². The Bertz CT molecular complexity index is 513. The minimum absolute atomic E-state index is 0.170. The van der Waals surface area contributed by atoms with Crippen LogP contribution in [0.25, 0.3) is 0 Å². The summed E-state index contributed by atoms with van der Waals surface area (Å²) < 4.78 is 4.59. The first-order chi connectivity index (χ1) is 10.5. The van der Waals surface area contributed by atoms with E-state index in [0.29, 0.717) is 13.0 Å². The Kier molecular flexibility index (Phi) is 7.12. The highest BCUT2D eigenvalue weighted by Gasteiger charge is 2.22. The minimum Gasteiger partial charge on any atom is -0.508 e. The van der Waals surface area contributed by atoms with Crippen molar-refractivity contribution in [1.29, 1.82) is 0 Å². The van der Waals surface area contributed by atoms with E-state index in [1.807, 2.05) is 0 Å². The molecule has 1 aromatic carbocycles. The molecule has 0 aliphatic rings. The van der Waals surface area contributed by atoms with Gasteiger partial charge in [0.1, 0.15) is 11.8 Å². The lowest BCUT2D eigenvalue weighted by Gasteiger charge is -2.20. The van der Waals surface area contributed by atoms with E-state index in [1.54, 1.807) is 37.3 Å². The predicted octanol–water partition coefficient (Wildman–Crippen LogP) is 0.757.